The summed E-state index contributed by atoms with van der Waals surface area (Å²) >= 11 is 1.54. The van der Waals surface area contributed by atoms with Crippen LogP contribution in [-0.4, -0.2) is 29.1 Å². The Morgan fingerprint density at radius 2 is 1.97 bits per heavy atom. The van der Waals surface area contributed by atoms with Gasteiger partial charge in [0.1, 0.15) is 18.2 Å². The maximum Gasteiger partial charge on any atom is 0.319 e. The Hall–Kier alpha value is -3.13. The summed E-state index contributed by atoms with van der Waals surface area (Å²) < 4.78 is 5.73. The van der Waals surface area contributed by atoms with Gasteiger partial charge in [-0.05, 0) is 36.6 Å². The SMILES string of the molecule is O=C(NCc1ccc(N2CCCCCC2)nc1)Nc1cccc(OCc2cscn2)c1. The second-order valence-electron chi connectivity index (χ2n) is 7.53. The van der Waals surface area contributed by atoms with Crippen molar-refractivity contribution in [2.75, 3.05) is 23.3 Å². The lowest BCUT2D eigenvalue weighted by Crippen LogP contribution is -2.28. The first-order valence-corrected chi connectivity index (χ1v) is 11.6. The first kappa shape index (κ1) is 21.1. The molecule has 0 radical (unpaired) electrons. The zero-order valence-electron chi connectivity index (χ0n) is 17.4. The predicted molar refractivity (Wildman–Crippen MR) is 124 cm³/mol. The van der Waals surface area contributed by atoms with Gasteiger partial charge in [0.15, 0.2) is 0 Å². The van der Waals surface area contributed by atoms with Gasteiger partial charge >= 0.3 is 6.03 Å². The fourth-order valence-electron chi connectivity index (χ4n) is 3.50. The number of benzene rings is 1. The molecule has 162 valence electrons. The van der Waals surface area contributed by atoms with Crippen molar-refractivity contribution in [3.05, 3.63) is 64.7 Å². The summed E-state index contributed by atoms with van der Waals surface area (Å²) in [5, 5.41) is 7.67. The van der Waals surface area contributed by atoms with E-state index in [0.717, 1.165) is 30.2 Å². The standard InChI is InChI=1S/C23H27N5O2S/c29-23(27-19-6-5-7-21(12-19)30-15-20-16-31-17-26-20)25-14-18-8-9-22(24-13-18)28-10-3-1-2-4-11-28/h5-9,12-13,16-17H,1-4,10-11,14-15H2,(H2,25,27,29). The smallest absolute Gasteiger partial charge is 0.319 e. The molecule has 2 aromatic heterocycles. The van der Waals surface area contributed by atoms with Crippen LogP contribution < -0.4 is 20.3 Å². The lowest BCUT2D eigenvalue weighted by Gasteiger charge is -2.21. The third kappa shape index (κ3) is 6.42. The number of ether oxygens (including phenoxy) is 1. The van der Waals surface area contributed by atoms with Crippen LogP contribution in [-0.2, 0) is 13.2 Å². The van der Waals surface area contributed by atoms with Crippen LogP contribution >= 0.6 is 11.3 Å². The molecule has 0 saturated carbocycles. The van der Waals surface area contributed by atoms with Crippen molar-refractivity contribution in [2.45, 2.75) is 38.8 Å². The number of hydrogen-bond donors (Lipinski definition) is 2. The number of anilines is 2. The van der Waals surface area contributed by atoms with Crippen LogP contribution in [0.3, 0.4) is 0 Å². The Kier molecular flexibility index (Phi) is 7.33. The van der Waals surface area contributed by atoms with Crippen LogP contribution in [0.2, 0.25) is 0 Å². The van der Waals surface area contributed by atoms with Gasteiger partial charge in [-0.1, -0.05) is 25.0 Å². The van der Waals surface area contributed by atoms with Crippen molar-refractivity contribution < 1.29 is 9.53 Å². The molecule has 31 heavy (non-hydrogen) atoms. The lowest BCUT2D eigenvalue weighted by atomic mass is 10.2. The molecule has 0 spiro atoms. The summed E-state index contributed by atoms with van der Waals surface area (Å²) in [4.78, 5) is 23.4. The molecule has 1 aliphatic heterocycles. The van der Waals surface area contributed by atoms with Gasteiger partial charge in [-0.3, -0.25) is 0 Å². The number of amides is 2. The van der Waals surface area contributed by atoms with E-state index in [2.05, 4.69) is 25.5 Å². The third-order valence-corrected chi connectivity index (χ3v) is 5.79. The van der Waals surface area contributed by atoms with Crippen molar-refractivity contribution in [1.82, 2.24) is 15.3 Å². The number of thiazole rings is 1. The summed E-state index contributed by atoms with van der Waals surface area (Å²) in [5.41, 5.74) is 4.30. The molecule has 0 unspecified atom stereocenters. The van der Waals surface area contributed by atoms with E-state index in [1.54, 1.807) is 11.6 Å². The second kappa shape index (κ2) is 10.8. The zero-order chi connectivity index (χ0) is 21.3. The van der Waals surface area contributed by atoms with Crippen molar-refractivity contribution in [2.24, 2.45) is 0 Å². The topological polar surface area (TPSA) is 79.4 Å². The number of urea groups is 1. The Balaban J connectivity index is 1.25. The van der Waals surface area contributed by atoms with Crippen molar-refractivity contribution >= 4 is 28.9 Å². The van der Waals surface area contributed by atoms with E-state index in [4.69, 9.17) is 4.74 Å². The van der Waals surface area contributed by atoms with Crippen molar-refractivity contribution in [3.8, 4) is 5.75 Å². The average Bonchev–Trinajstić information content (AvgIpc) is 3.17. The molecule has 2 N–H and O–H groups in total. The van der Waals surface area contributed by atoms with Gasteiger partial charge in [0.25, 0.3) is 0 Å². The molecule has 3 heterocycles. The molecular formula is C23H27N5O2S. The lowest BCUT2D eigenvalue weighted by molar-refractivity contribution is 0.251. The van der Waals surface area contributed by atoms with Crippen LogP contribution in [0, 0.1) is 0 Å². The van der Waals surface area contributed by atoms with Crippen LogP contribution in [0.15, 0.2) is 53.5 Å². The predicted octanol–water partition coefficient (Wildman–Crippen LogP) is 4.82. The minimum atomic E-state index is -0.270. The van der Waals surface area contributed by atoms with Crippen LogP contribution in [0.25, 0.3) is 0 Å². The molecular weight excluding hydrogens is 410 g/mol. The van der Waals surface area contributed by atoms with Crippen LogP contribution in [0.4, 0.5) is 16.3 Å². The molecule has 0 bridgehead atoms. The van der Waals surface area contributed by atoms with E-state index in [9.17, 15) is 4.79 Å². The minimum absolute atomic E-state index is 0.270. The highest BCUT2D eigenvalue weighted by atomic mass is 32.1. The molecule has 4 rings (SSSR count). The maximum atomic E-state index is 12.3. The largest absolute Gasteiger partial charge is 0.487 e. The number of hydrogen-bond acceptors (Lipinski definition) is 6. The number of nitrogens with zero attached hydrogens (tertiary/aromatic N) is 3. The summed E-state index contributed by atoms with van der Waals surface area (Å²) in [7, 11) is 0. The average molecular weight is 438 g/mol. The fourth-order valence-corrected chi connectivity index (χ4v) is 4.04. The normalized spacial score (nSPS) is 14.0. The Morgan fingerprint density at radius 1 is 1.10 bits per heavy atom. The monoisotopic (exact) mass is 437 g/mol. The summed E-state index contributed by atoms with van der Waals surface area (Å²) in [5.74, 6) is 1.70. The van der Waals surface area contributed by atoms with Gasteiger partial charge in [0.2, 0.25) is 0 Å². The fraction of sp³-hybridized carbons (Fsp3) is 0.348. The van der Waals surface area contributed by atoms with Crippen molar-refractivity contribution in [3.63, 3.8) is 0 Å². The van der Waals surface area contributed by atoms with Crippen LogP contribution in [0.1, 0.15) is 36.9 Å². The van der Waals surface area contributed by atoms with E-state index in [1.807, 2.05) is 41.9 Å². The number of rotatable bonds is 7. The van der Waals surface area contributed by atoms with E-state index in [0.29, 0.717) is 24.6 Å². The molecule has 1 aliphatic rings. The van der Waals surface area contributed by atoms with Gasteiger partial charge < -0.3 is 20.3 Å². The molecule has 8 heteroatoms. The third-order valence-electron chi connectivity index (χ3n) is 5.15. The molecule has 0 aliphatic carbocycles. The molecule has 1 saturated heterocycles. The van der Waals surface area contributed by atoms with Gasteiger partial charge in [0.05, 0.1) is 11.2 Å². The Labute approximate surface area is 186 Å². The number of carbonyl (C=O) groups excluding carboxylic acids is 1. The number of nitrogens with one attached hydrogen (secondary N) is 2. The maximum absolute atomic E-state index is 12.3. The summed E-state index contributed by atoms with van der Waals surface area (Å²) in [6.45, 7) is 2.96. The quantitative estimate of drug-likeness (QED) is 0.554. The van der Waals surface area contributed by atoms with E-state index >= 15 is 0 Å². The van der Waals surface area contributed by atoms with Gasteiger partial charge in [-0.15, -0.1) is 11.3 Å². The first-order valence-electron chi connectivity index (χ1n) is 10.6. The second-order valence-corrected chi connectivity index (χ2v) is 8.25. The highest BCUT2D eigenvalue weighted by molar-refractivity contribution is 7.07. The zero-order valence-corrected chi connectivity index (χ0v) is 18.2. The van der Waals surface area contributed by atoms with Gasteiger partial charge in [-0.25, -0.2) is 14.8 Å². The first-order chi connectivity index (χ1) is 15.3. The number of carbonyl (C=O) groups is 1. The molecule has 1 aromatic carbocycles. The molecule has 0 atom stereocenters. The summed E-state index contributed by atoms with van der Waals surface area (Å²) in [6, 6.07) is 11.1. The highest BCUT2D eigenvalue weighted by Crippen LogP contribution is 2.19. The number of pyridine rings is 1. The minimum Gasteiger partial charge on any atom is -0.487 e. The van der Waals surface area contributed by atoms with E-state index in [1.165, 1.54) is 37.0 Å². The molecule has 2 amide bonds. The molecule has 7 nitrogen and oxygen atoms in total. The van der Waals surface area contributed by atoms with E-state index < -0.39 is 0 Å². The molecule has 1 fully saturated rings. The van der Waals surface area contributed by atoms with Gasteiger partial charge in [-0.2, -0.15) is 0 Å². The summed E-state index contributed by atoms with van der Waals surface area (Å²) in [6.07, 6.45) is 6.89. The van der Waals surface area contributed by atoms with Crippen molar-refractivity contribution in [1.29, 1.82) is 0 Å². The number of aromatic nitrogens is 2. The Morgan fingerprint density at radius 3 is 2.71 bits per heavy atom. The van der Waals surface area contributed by atoms with Crippen LogP contribution in [0.5, 0.6) is 5.75 Å². The Bertz CT molecular complexity index is 954. The molecule has 3 aromatic rings. The highest BCUT2D eigenvalue weighted by Gasteiger charge is 2.11. The van der Waals surface area contributed by atoms with Gasteiger partial charge in [0, 0.05) is 43.0 Å². The van der Waals surface area contributed by atoms with E-state index in [-0.39, 0.29) is 6.03 Å².